The summed E-state index contributed by atoms with van der Waals surface area (Å²) in [6.45, 7) is 5.22. The van der Waals surface area contributed by atoms with Gasteiger partial charge in [0.25, 0.3) is 0 Å². The lowest BCUT2D eigenvalue weighted by Gasteiger charge is -2.32. The first-order valence-corrected chi connectivity index (χ1v) is 11.4. The fraction of sp³-hybridized carbons (Fsp3) is 0.520. The van der Waals surface area contributed by atoms with Crippen molar-refractivity contribution in [3.63, 3.8) is 0 Å². The van der Waals surface area contributed by atoms with Gasteiger partial charge in [-0.3, -0.25) is 4.99 Å². The molecule has 2 atom stereocenters. The molecule has 7 heteroatoms. The van der Waals surface area contributed by atoms with Crippen LogP contribution in [0.1, 0.15) is 48.5 Å². The Bertz CT molecular complexity index is 871. The number of halogens is 1. The first-order chi connectivity index (χ1) is 15.2. The van der Waals surface area contributed by atoms with Crippen LogP contribution in [0.15, 0.2) is 47.6 Å². The summed E-state index contributed by atoms with van der Waals surface area (Å²) in [6.07, 6.45) is 6.74. The maximum Gasteiger partial charge on any atom is 0.213 e. The first-order valence-electron chi connectivity index (χ1n) is 11.4. The molecule has 174 valence electrons. The summed E-state index contributed by atoms with van der Waals surface area (Å²) in [4.78, 5) is 8.71. The summed E-state index contributed by atoms with van der Waals surface area (Å²) in [5, 5.41) is 6.90. The minimum absolute atomic E-state index is 0. The normalized spacial score (nSPS) is 20.9. The van der Waals surface area contributed by atoms with Gasteiger partial charge < -0.3 is 20.1 Å². The Morgan fingerprint density at radius 1 is 1.16 bits per heavy atom. The molecule has 2 unspecified atom stereocenters. The number of aryl methyl sites for hydroxylation is 1. The summed E-state index contributed by atoms with van der Waals surface area (Å²) >= 11 is 0. The molecule has 1 aliphatic heterocycles. The van der Waals surface area contributed by atoms with E-state index >= 15 is 0 Å². The molecule has 1 saturated carbocycles. The lowest BCUT2D eigenvalue weighted by atomic mass is 9.89. The third-order valence-electron chi connectivity index (χ3n) is 6.03. The van der Waals surface area contributed by atoms with Gasteiger partial charge in [-0.05, 0) is 55.7 Å². The molecular formula is C25H35IN4O2. The highest BCUT2D eigenvalue weighted by Crippen LogP contribution is 2.33. The molecule has 2 N–H and O–H groups in total. The molecule has 1 aromatic heterocycles. The van der Waals surface area contributed by atoms with Crippen LogP contribution in [-0.4, -0.2) is 37.7 Å². The van der Waals surface area contributed by atoms with E-state index in [2.05, 4.69) is 51.8 Å². The van der Waals surface area contributed by atoms with Crippen LogP contribution in [0.3, 0.4) is 0 Å². The zero-order chi connectivity index (χ0) is 21.5. The number of hydrogen-bond acceptors (Lipinski definition) is 4. The van der Waals surface area contributed by atoms with Crippen molar-refractivity contribution in [2.75, 3.05) is 26.8 Å². The molecule has 0 amide bonds. The van der Waals surface area contributed by atoms with Gasteiger partial charge in [-0.15, -0.1) is 24.0 Å². The average Bonchev–Trinajstić information content (AvgIpc) is 3.64. The number of pyridine rings is 1. The van der Waals surface area contributed by atoms with Crippen LogP contribution in [-0.2, 0) is 11.3 Å². The fourth-order valence-corrected chi connectivity index (χ4v) is 3.94. The van der Waals surface area contributed by atoms with Crippen LogP contribution in [0.25, 0.3) is 0 Å². The molecule has 1 saturated heterocycles. The van der Waals surface area contributed by atoms with E-state index in [0.29, 0.717) is 18.3 Å². The van der Waals surface area contributed by atoms with Crippen molar-refractivity contribution in [2.24, 2.45) is 16.8 Å². The Labute approximate surface area is 208 Å². The number of ether oxygens (including phenoxy) is 2. The molecule has 0 radical (unpaired) electrons. The third kappa shape index (κ3) is 7.33. The number of hydrogen-bond donors (Lipinski definition) is 2. The van der Waals surface area contributed by atoms with Crippen molar-refractivity contribution in [3.8, 4) is 5.88 Å². The number of guanidine groups is 1. The summed E-state index contributed by atoms with van der Waals surface area (Å²) in [7, 11) is 1.81. The molecular weight excluding hydrogens is 515 g/mol. The fourth-order valence-electron chi connectivity index (χ4n) is 3.94. The van der Waals surface area contributed by atoms with E-state index in [4.69, 9.17) is 9.47 Å². The average molecular weight is 550 g/mol. The van der Waals surface area contributed by atoms with E-state index in [9.17, 15) is 0 Å². The highest BCUT2D eigenvalue weighted by Gasteiger charge is 2.27. The Morgan fingerprint density at radius 3 is 2.72 bits per heavy atom. The molecule has 32 heavy (non-hydrogen) atoms. The van der Waals surface area contributed by atoms with Gasteiger partial charge in [-0.2, -0.15) is 0 Å². The Hall–Kier alpha value is -1.87. The molecule has 0 spiro atoms. The summed E-state index contributed by atoms with van der Waals surface area (Å²) in [5.41, 5.74) is 3.66. The molecule has 0 bridgehead atoms. The number of nitrogens with one attached hydrogen (secondary N) is 2. The van der Waals surface area contributed by atoms with E-state index in [1.165, 1.54) is 24.0 Å². The van der Waals surface area contributed by atoms with Crippen LogP contribution in [0.2, 0.25) is 0 Å². The second kappa shape index (κ2) is 12.4. The molecule has 2 aliphatic rings. The van der Waals surface area contributed by atoms with Crippen LogP contribution in [0.4, 0.5) is 0 Å². The van der Waals surface area contributed by atoms with Crippen LogP contribution in [0, 0.1) is 18.8 Å². The number of aromatic nitrogens is 1. The van der Waals surface area contributed by atoms with Crippen LogP contribution < -0.4 is 15.4 Å². The zero-order valence-corrected chi connectivity index (χ0v) is 21.4. The molecule has 2 aromatic rings. The zero-order valence-electron chi connectivity index (χ0n) is 19.0. The Morgan fingerprint density at radius 2 is 1.97 bits per heavy atom. The monoisotopic (exact) mass is 550 g/mol. The second-order valence-corrected chi connectivity index (χ2v) is 8.67. The quantitative estimate of drug-likeness (QED) is 0.285. The largest absolute Gasteiger partial charge is 0.477 e. The standard InChI is InChI=1S/C25H34N4O2.HI/c1-18-5-9-21(10-6-18)24-22(4-3-13-30-24)16-29-25(26-2)28-15-20-11-12-27-23(14-20)31-17-19-7-8-19;/h5-6,9-12,14,19,22,24H,3-4,7-8,13,15-17H2,1-2H3,(H2,26,28,29);1H. The first kappa shape index (κ1) is 24.8. The van der Waals surface area contributed by atoms with Gasteiger partial charge in [0.2, 0.25) is 5.88 Å². The van der Waals surface area contributed by atoms with Crippen molar-refractivity contribution < 1.29 is 9.47 Å². The van der Waals surface area contributed by atoms with Gasteiger partial charge in [0.1, 0.15) is 0 Å². The number of rotatable bonds is 8. The van der Waals surface area contributed by atoms with E-state index in [1.807, 2.05) is 12.1 Å². The van der Waals surface area contributed by atoms with Gasteiger partial charge in [-0.1, -0.05) is 29.8 Å². The van der Waals surface area contributed by atoms with Crippen LogP contribution >= 0.6 is 24.0 Å². The lowest BCUT2D eigenvalue weighted by Crippen LogP contribution is -2.41. The van der Waals surface area contributed by atoms with E-state index in [0.717, 1.165) is 50.0 Å². The highest BCUT2D eigenvalue weighted by molar-refractivity contribution is 14.0. The van der Waals surface area contributed by atoms with Crippen molar-refractivity contribution in [2.45, 2.75) is 45.3 Å². The minimum atomic E-state index is 0. The Balaban J connectivity index is 0.00000289. The van der Waals surface area contributed by atoms with Crippen molar-refractivity contribution in [3.05, 3.63) is 59.3 Å². The van der Waals surface area contributed by atoms with Crippen LogP contribution in [0.5, 0.6) is 5.88 Å². The number of nitrogens with zero attached hydrogens (tertiary/aromatic N) is 2. The maximum atomic E-state index is 6.15. The summed E-state index contributed by atoms with van der Waals surface area (Å²) in [5.74, 6) is 2.64. The van der Waals surface area contributed by atoms with Crippen molar-refractivity contribution >= 4 is 29.9 Å². The summed E-state index contributed by atoms with van der Waals surface area (Å²) in [6, 6.07) is 12.7. The SMILES string of the molecule is CN=C(NCc1ccnc(OCC2CC2)c1)NCC1CCCOC1c1ccc(C)cc1.I. The number of benzene rings is 1. The van der Waals surface area contributed by atoms with Gasteiger partial charge in [0.05, 0.1) is 12.7 Å². The third-order valence-corrected chi connectivity index (χ3v) is 6.03. The topological polar surface area (TPSA) is 67.8 Å². The molecule has 2 fully saturated rings. The van der Waals surface area contributed by atoms with Crippen molar-refractivity contribution in [1.29, 1.82) is 0 Å². The second-order valence-electron chi connectivity index (χ2n) is 8.67. The molecule has 2 heterocycles. The predicted molar refractivity (Wildman–Crippen MR) is 139 cm³/mol. The molecule has 1 aromatic carbocycles. The predicted octanol–water partition coefficient (Wildman–Crippen LogP) is 4.63. The molecule has 6 nitrogen and oxygen atoms in total. The molecule has 1 aliphatic carbocycles. The Kier molecular flexibility index (Phi) is 9.59. The maximum absolute atomic E-state index is 6.15. The van der Waals surface area contributed by atoms with E-state index in [1.54, 1.807) is 13.2 Å². The lowest BCUT2D eigenvalue weighted by molar-refractivity contribution is -0.0265. The van der Waals surface area contributed by atoms with Gasteiger partial charge in [0.15, 0.2) is 5.96 Å². The summed E-state index contributed by atoms with van der Waals surface area (Å²) < 4.78 is 11.9. The van der Waals surface area contributed by atoms with E-state index in [-0.39, 0.29) is 30.1 Å². The van der Waals surface area contributed by atoms with Gasteiger partial charge in [0, 0.05) is 44.9 Å². The van der Waals surface area contributed by atoms with Crippen molar-refractivity contribution in [1.82, 2.24) is 15.6 Å². The number of aliphatic imine (C=N–C) groups is 1. The van der Waals surface area contributed by atoms with Gasteiger partial charge in [-0.25, -0.2) is 4.98 Å². The molecule has 4 rings (SSSR count). The highest BCUT2D eigenvalue weighted by atomic mass is 127. The van der Waals surface area contributed by atoms with E-state index < -0.39 is 0 Å². The van der Waals surface area contributed by atoms with Gasteiger partial charge >= 0.3 is 0 Å². The smallest absolute Gasteiger partial charge is 0.213 e. The minimum Gasteiger partial charge on any atom is -0.477 e.